The number of piperidine rings is 2. The summed E-state index contributed by atoms with van der Waals surface area (Å²) in [6, 6.07) is 12.6. The zero-order valence-corrected chi connectivity index (χ0v) is 40.7. The summed E-state index contributed by atoms with van der Waals surface area (Å²) in [6.07, 6.45) is 4.65. The third-order valence-corrected chi connectivity index (χ3v) is 15.9. The second-order valence-electron chi connectivity index (χ2n) is 18.3. The van der Waals surface area contributed by atoms with Crippen molar-refractivity contribution < 1.29 is 32.1 Å². The van der Waals surface area contributed by atoms with Crippen molar-refractivity contribution in [1.29, 1.82) is 0 Å². The molecule has 3 N–H and O–H groups in total. The third-order valence-electron chi connectivity index (χ3n) is 13.7. The molecule has 3 aromatic carbocycles. The van der Waals surface area contributed by atoms with Gasteiger partial charge in [0, 0.05) is 111 Å². The Bertz CT molecular complexity index is 2770. The summed E-state index contributed by atoms with van der Waals surface area (Å²) >= 11 is 3.57. The van der Waals surface area contributed by atoms with Crippen molar-refractivity contribution in [1.82, 2.24) is 30.1 Å². The van der Waals surface area contributed by atoms with Gasteiger partial charge < -0.3 is 29.7 Å². The second-order valence-corrected chi connectivity index (χ2v) is 22.3. The van der Waals surface area contributed by atoms with Crippen LogP contribution in [0, 0.1) is 24.4 Å². The molecule has 4 aliphatic rings. The maximum Gasteiger partial charge on any atom is 0.234 e. The third kappa shape index (κ3) is 9.59. The largest absolute Gasteiger partial charge is 0.494 e. The molecule has 0 saturated carbocycles. The second kappa shape index (κ2) is 19.0. The van der Waals surface area contributed by atoms with Crippen molar-refractivity contribution in [3.63, 3.8) is 0 Å². The topological polar surface area (TPSA) is 148 Å². The summed E-state index contributed by atoms with van der Waals surface area (Å²) in [5, 5.41) is 9.85. The number of nitrogens with one attached hydrogen (secondary N) is 3. The number of piperazine rings is 1. The minimum atomic E-state index is -2.92. The van der Waals surface area contributed by atoms with Crippen LogP contribution in [0.2, 0.25) is 0 Å². The molecule has 0 unspecified atom stereocenters. The monoisotopic (exact) mass is 1000 g/mol. The molecule has 0 spiro atoms. The lowest BCUT2D eigenvalue weighted by Crippen LogP contribution is -2.64. The lowest BCUT2D eigenvalue weighted by Gasteiger charge is -2.50. The molecule has 2 aromatic heterocycles. The van der Waals surface area contributed by atoms with E-state index in [4.69, 9.17) is 9.72 Å². The van der Waals surface area contributed by atoms with Crippen LogP contribution < -0.4 is 35.8 Å². The van der Waals surface area contributed by atoms with Crippen molar-refractivity contribution in [3.8, 4) is 5.75 Å². The molecule has 4 fully saturated rings. The molecule has 4 aliphatic heterocycles. The van der Waals surface area contributed by atoms with Gasteiger partial charge in [0.05, 0.1) is 40.1 Å². The summed E-state index contributed by atoms with van der Waals surface area (Å²) in [6.45, 7) is 14.0. The number of fused-ring (bicyclic) bond motifs is 1. The minimum absolute atomic E-state index is 0.0567. The molecule has 4 saturated heterocycles. The molecule has 67 heavy (non-hydrogen) atoms. The van der Waals surface area contributed by atoms with Crippen LogP contribution in [0.1, 0.15) is 55.3 Å². The molecule has 0 radical (unpaired) electrons. The molecule has 1 atom stereocenters. The Morgan fingerprint density at radius 3 is 2.18 bits per heavy atom. The summed E-state index contributed by atoms with van der Waals surface area (Å²) in [5.74, 6) is -2.65. The normalized spacial score (nSPS) is 19.1. The number of anilines is 6. The van der Waals surface area contributed by atoms with Crippen LogP contribution in [0.3, 0.4) is 0 Å². The average Bonchev–Trinajstić information content (AvgIpc) is 3.27. The number of aromatic nitrogens is 3. The van der Waals surface area contributed by atoms with E-state index in [-0.39, 0.29) is 24.1 Å². The van der Waals surface area contributed by atoms with E-state index in [9.17, 15) is 18.5 Å². The van der Waals surface area contributed by atoms with Crippen LogP contribution >= 0.6 is 23.1 Å². The van der Waals surface area contributed by atoms with Crippen molar-refractivity contribution in [3.05, 3.63) is 87.4 Å². The number of aryl methyl sites for hydroxylation is 2. The molecule has 5 aromatic rings. The SMILES string of the molecule is CCc1cc(Nc2ncc(Br)c(Nc3ccc4nc(C)c(F)cc4c3P(C)(C)=O)n2)c(OC)cc1N1CCC(N2CCN(C3CN(c4cc(F)c([C@H]5CCC(=O)NC5=O)c(F)c4)C3)CC2)CC1. The maximum atomic E-state index is 15.2. The molecule has 14 nitrogen and oxygen atoms in total. The van der Waals surface area contributed by atoms with E-state index in [0.29, 0.717) is 74.7 Å². The van der Waals surface area contributed by atoms with Crippen LogP contribution in [-0.2, 0) is 20.6 Å². The smallest absolute Gasteiger partial charge is 0.234 e. The highest BCUT2D eigenvalue weighted by Gasteiger charge is 2.38. The van der Waals surface area contributed by atoms with Crippen LogP contribution in [0.4, 0.5) is 47.7 Å². The first-order valence-electron chi connectivity index (χ1n) is 22.8. The lowest BCUT2D eigenvalue weighted by atomic mass is 9.89. The molecule has 19 heteroatoms. The number of rotatable bonds is 12. The predicted molar refractivity (Wildman–Crippen MR) is 260 cm³/mol. The quantitative estimate of drug-likeness (QED) is 0.0826. The van der Waals surface area contributed by atoms with Gasteiger partial charge in [-0.15, -0.1) is 0 Å². The van der Waals surface area contributed by atoms with Gasteiger partial charge in [-0.3, -0.25) is 29.7 Å². The summed E-state index contributed by atoms with van der Waals surface area (Å²) in [4.78, 5) is 47.1. The van der Waals surface area contributed by atoms with Crippen molar-refractivity contribution in [2.75, 3.05) is 93.2 Å². The molecule has 9 rings (SSSR count). The number of carbonyl (C=O) groups excluding carboxylic acids is 2. The number of ether oxygens (including phenoxy) is 1. The summed E-state index contributed by atoms with van der Waals surface area (Å²) in [5.41, 5.74) is 4.59. The van der Waals surface area contributed by atoms with Gasteiger partial charge in [-0.1, -0.05) is 6.92 Å². The fourth-order valence-electron chi connectivity index (χ4n) is 10.1. The first-order chi connectivity index (χ1) is 32.1. The number of amides is 2. The van der Waals surface area contributed by atoms with Gasteiger partial charge in [-0.05, 0) is 104 Å². The van der Waals surface area contributed by atoms with Gasteiger partial charge in [0.15, 0.2) is 0 Å². The van der Waals surface area contributed by atoms with Crippen LogP contribution in [0.15, 0.2) is 53.1 Å². The fraction of sp³-hybridized carbons (Fsp3) is 0.438. The Morgan fingerprint density at radius 1 is 0.851 bits per heavy atom. The number of imide groups is 1. The Balaban J connectivity index is 0.801. The van der Waals surface area contributed by atoms with E-state index < -0.39 is 42.3 Å². The van der Waals surface area contributed by atoms with Gasteiger partial charge in [0.1, 0.15) is 36.2 Å². The van der Waals surface area contributed by atoms with E-state index in [2.05, 4.69) is 75.6 Å². The standard InChI is InChI=1S/C48H55BrF3N10O4P/c1-6-28-19-40(56-48-53-24-34(49)46(58-48)55-39-9-8-38-33(45(39)67(4,5)65)22-35(50)27(2)54-38)42(66-3)23-41(28)61-13-11-29(12-14-61)59-15-17-60(18-16-59)31-25-62(26-31)30-20-36(51)44(37(52)21-30)32-7-10-43(63)57-47(32)64/h8-9,19-24,29,31-32H,6-7,10-18,25-26H2,1-5H3,(H,57,63,64)(H2,53,55,56,58)/t32-/m1/s1. The Hall–Kier alpha value is -5.29. The minimum Gasteiger partial charge on any atom is -0.494 e. The Labute approximate surface area is 396 Å². The first kappa shape index (κ1) is 46.8. The average molecular weight is 1000 g/mol. The van der Waals surface area contributed by atoms with Gasteiger partial charge in [-0.2, -0.15) is 4.98 Å². The van der Waals surface area contributed by atoms with Crippen LogP contribution in [0.5, 0.6) is 5.75 Å². The van der Waals surface area contributed by atoms with E-state index in [0.717, 1.165) is 75.5 Å². The molecule has 354 valence electrons. The van der Waals surface area contributed by atoms with Gasteiger partial charge in [0.25, 0.3) is 0 Å². The number of halogens is 4. The zero-order chi connectivity index (χ0) is 47.3. The number of benzene rings is 3. The number of carbonyl (C=O) groups is 2. The first-order valence-corrected chi connectivity index (χ1v) is 26.2. The number of pyridine rings is 1. The molecule has 6 heterocycles. The van der Waals surface area contributed by atoms with Gasteiger partial charge >= 0.3 is 0 Å². The Kier molecular flexibility index (Phi) is 13.3. The maximum absolute atomic E-state index is 15.2. The van der Waals surface area contributed by atoms with Gasteiger partial charge in [-0.25, -0.2) is 18.2 Å². The Morgan fingerprint density at radius 2 is 1.54 bits per heavy atom. The van der Waals surface area contributed by atoms with E-state index in [1.165, 1.54) is 18.2 Å². The van der Waals surface area contributed by atoms with Crippen LogP contribution in [0.25, 0.3) is 10.9 Å². The van der Waals surface area contributed by atoms with E-state index in [1.807, 2.05) is 4.90 Å². The van der Waals surface area contributed by atoms with Crippen molar-refractivity contribution >= 4 is 85.6 Å². The molecular weight excluding hydrogens is 948 g/mol. The number of hydrogen-bond acceptors (Lipinski definition) is 13. The highest BCUT2D eigenvalue weighted by atomic mass is 79.9. The highest BCUT2D eigenvalue weighted by Crippen LogP contribution is 2.43. The fourth-order valence-corrected chi connectivity index (χ4v) is 11.9. The van der Waals surface area contributed by atoms with Gasteiger partial charge in [0.2, 0.25) is 17.8 Å². The summed E-state index contributed by atoms with van der Waals surface area (Å²) in [7, 11) is -1.28. The molecule has 2 amide bonds. The predicted octanol–water partition coefficient (Wildman–Crippen LogP) is 7.81. The molecule has 0 aliphatic carbocycles. The highest BCUT2D eigenvalue weighted by molar-refractivity contribution is 9.10. The molecular formula is C48H55BrF3N10O4P. The van der Waals surface area contributed by atoms with E-state index >= 15 is 8.78 Å². The van der Waals surface area contributed by atoms with E-state index in [1.54, 1.807) is 45.7 Å². The van der Waals surface area contributed by atoms with Crippen molar-refractivity contribution in [2.45, 2.75) is 64.0 Å². The molecule has 0 bridgehead atoms. The van der Waals surface area contributed by atoms with Crippen LogP contribution in [-0.4, -0.2) is 121 Å². The summed E-state index contributed by atoms with van der Waals surface area (Å²) < 4.78 is 65.3. The number of nitrogens with zero attached hydrogens (tertiary/aromatic N) is 7. The number of hydrogen-bond donors (Lipinski definition) is 3. The van der Waals surface area contributed by atoms with Crippen molar-refractivity contribution in [2.24, 2.45) is 0 Å². The number of methoxy groups -OCH3 is 1. The zero-order valence-electron chi connectivity index (χ0n) is 38.3. The lowest BCUT2D eigenvalue weighted by molar-refractivity contribution is -0.134.